The lowest BCUT2D eigenvalue weighted by Gasteiger charge is -2.45. The number of aryl methyl sites for hydroxylation is 1. The van der Waals surface area contributed by atoms with Gasteiger partial charge in [0.2, 0.25) is 5.91 Å². The van der Waals surface area contributed by atoms with Crippen molar-refractivity contribution in [2.24, 2.45) is 23.2 Å². The van der Waals surface area contributed by atoms with Crippen molar-refractivity contribution in [3.63, 3.8) is 0 Å². The van der Waals surface area contributed by atoms with Gasteiger partial charge in [-0.15, -0.1) is 11.3 Å². The van der Waals surface area contributed by atoms with E-state index in [0.29, 0.717) is 5.92 Å². The van der Waals surface area contributed by atoms with E-state index in [1.807, 2.05) is 20.8 Å². The highest BCUT2D eigenvalue weighted by molar-refractivity contribution is 7.09. The third kappa shape index (κ3) is 9.72. The number of amides is 1. The van der Waals surface area contributed by atoms with E-state index in [9.17, 15) is 9.59 Å². The summed E-state index contributed by atoms with van der Waals surface area (Å²) in [4.78, 5) is 32.6. The number of rotatable bonds is 4. The van der Waals surface area contributed by atoms with Crippen LogP contribution in [0.5, 0.6) is 0 Å². The molecule has 1 aliphatic heterocycles. The minimum atomic E-state index is -2.27. The van der Waals surface area contributed by atoms with E-state index >= 15 is 0 Å². The normalized spacial score (nSPS) is 29.5. The zero-order valence-corrected chi connectivity index (χ0v) is 30.1. The molecule has 1 aliphatic rings. The molecular weight excluding hydrogens is 545 g/mol. The molecule has 5 atom stereocenters. The van der Waals surface area contributed by atoms with Gasteiger partial charge in [0.05, 0.1) is 29.3 Å². The number of hydrogen-bond donors (Lipinski definition) is 1. The van der Waals surface area contributed by atoms with Gasteiger partial charge in [0, 0.05) is 16.7 Å². The lowest BCUT2D eigenvalue weighted by molar-refractivity contribution is -0.140. The lowest BCUT2D eigenvalue weighted by atomic mass is 9.70. The molecule has 232 valence electrons. The van der Waals surface area contributed by atoms with Crippen molar-refractivity contribution in [1.29, 1.82) is 0 Å². The Kier molecular flexibility index (Phi) is 12.4. The van der Waals surface area contributed by atoms with Crippen LogP contribution in [0.4, 0.5) is 0 Å². The highest BCUT2D eigenvalue weighted by Gasteiger charge is 2.47. The van der Waals surface area contributed by atoms with Crippen LogP contribution in [-0.4, -0.2) is 37.1 Å². The van der Waals surface area contributed by atoms with E-state index < -0.39 is 19.8 Å². The summed E-state index contributed by atoms with van der Waals surface area (Å²) in [5.41, 5.74) is 2.54. The average molecular weight is 603 g/mol. The molecule has 0 saturated heterocycles. The van der Waals surface area contributed by atoms with Crippen molar-refractivity contribution in [2.45, 2.75) is 139 Å². The van der Waals surface area contributed by atoms with Crippen LogP contribution < -0.4 is 5.32 Å². The Morgan fingerprint density at radius 3 is 2.37 bits per heavy atom. The Bertz CT molecular complexity index is 1110. The second-order valence-electron chi connectivity index (χ2n) is 14.8. The first kappa shape index (κ1) is 35.6. The zero-order chi connectivity index (χ0) is 31.3. The maximum atomic E-state index is 14.2. The number of ketones is 1. The summed E-state index contributed by atoms with van der Waals surface area (Å²) in [5, 5.41) is 6.37. The molecule has 7 heteroatoms. The van der Waals surface area contributed by atoms with Crippen molar-refractivity contribution in [3.05, 3.63) is 33.3 Å². The largest absolute Gasteiger partial charge is 0.412 e. The minimum Gasteiger partial charge on any atom is -0.412 e. The van der Waals surface area contributed by atoms with Gasteiger partial charge in [0.15, 0.2) is 8.32 Å². The predicted molar refractivity (Wildman–Crippen MR) is 178 cm³/mol. The monoisotopic (exact) mass is 602 g/mol. The third-order valence-electron chi connectivity index (χ3n) is 9.98. The summed E-state index contributed by atoms with van der Waals surface area (Å²) in [5.74, 6) is 0.704. The summed E-state index contributed by atoms with van der Waals surface area (Å²) < 4.78 is 6.95. The fourth-order valence-corrected chi connectivity index (χ4v) is 7.41. The third-order valence-corrected chi connectivity index (χ3v) is 15.3. The molecule has 0 bridgehead atoms. The Morgan fingerprint density at radius 2 is 1.80 bits per heavy atom. The first-order valence-electron chi connectivity index (χ1n) is 15.5. The number of thiazole rings is 1. The molecule has 2 rings (SSSR count). The summed E-state index contributed by atoms with van der Waals surface area (Å²) in [6, 6.07) is -0.155. The van der Waals surface area contributed by atoms with Crippen LogP contribution >= 0.6 is 11.3 Å². The van der Waals surface area contributed by atoms with E-state index in [0.717, 1.165) is 42.0 Å². The van der Waals surface area contributed by atoms with Gasteiger partial charge < -0.3 is 9.74 Å². The second-order valence-corrected chi connectivity index (χ2v) is 20.6. The molecule has 0 radical (unpaired) electrons. The molecule has 2 heterocycles. The quantitative estimate of drug-likeness (QED) is 0.276. The summed E-state index contributed by atoms with van der Waals surface area (Å²) in [6.45, 7) is 27.9. The standard InChI is InChI=1S/C34H58N2O3SSi/c1-22-15-14-16-23(2)25(4)26(5)32(38)34(10,11)30(39-41(12,13)33(7,8)9)20-31(37)36-29(18-17-22)24(3)19-28-21-40-27(6)35-28/h17,19,21,23,25-26,29-30H,14-16,18,20H2,1-13H3,(H,36,37)/b22-17-,24-19+/t23-,25-,26+,29-,30-/m0/s1. The number of carbonyl (C=O) groups is 2. The van der Waals surface area contributed by atoms with E-state index in [-0.39, 0.29) is 41.0 Å². The SMILES string of the molecule is C/C1=C/C[C@@H](/C(C)=C/c2csc(C)n2)NC(=O)C[C@H](O[Si](C)(C)C(C)(C)C)C(C)(C)C(=O)[C@H](C)[C@@H](C)[C@@H](C)CCC1. The highest BCUT2D eigenvalue weighted by atomic mass is 32.1. The van der Waals surface area contributed by atoms with Crippen molar-refractivity contribution in [2.75, 3.05) is 0 Å². The molecule has 0 spiro atoms. The van der Waals surface area contributed by atoms with Crippen molar-refractivity contribution in [3.8, 4) is 0 Å². The van der Waals surface area contributed by atoms with Gasteiger partial charge in [-0.05, 0) is 81.7 Å². The molecule has 1 aromatic heterocycles. The van der Waals surface area contributed by atoms with Gasteiger partial charge in [-0.25, -0.2) is 4.98 Å². The van der Waals surface area contributed by atoms with Crippen LogP contribution in [0.2, 0.25) is 18.1 Å². The summed E-state index contributed by atoms with van der Waals surface area (Å²) in [7, 11) is -2.27. The van der Waals surface area contributed by atoms with Crippen molar-refractivity contribution >= 4 is 37.4 Å². The van der Waals surface area contributed by atoms with Crippen LogP contribution in [-0.2, 0) is 14.0 Å². The van der Waals surface area contributed by atoms with Crippen molar-refractivity contribution < 1.29 is 14.0 Å². The maximum absolute atomic E-state index is 14.2. The van der Waals surface area contributed by atoms with Gasteiger partial charge in [0.1, 0.15) is 5.78 Å². The number of aromatic nitrogens is 1. The first-order chi connectivity index (χ1) is 18.8. The number of nitrogens with one attached hydrogen (secondary N) is 1. The van der Waals surface area contributed by atoms with E-state index in [1.165, 1.54) is 5.57 Å². The van der Waals surface area contributed by atoms with Crippen LogP contribution in [0.3, 0.4) is 0 Å². The van der Waals surface area contributed by atoms with Crippen LogP contribution in [0.25, 0.3) is 6.08 Å². The van der Waals surface area contributed by atoms with Gasteiger partial charge in [-0.2, -0.15) is 0 Å². The van der Waals surface area contributed by atoms with Gasteiger partial charge in [-0.3, -0.25) is 9.59 Å². The molecular formula is C34H58N2O3SSi. The number of nitrogens with zero attached hydrogens (tertiary/aromatic N) is 1. The first-order valence-corrected chi connectivity index (χ1v) is 19.3. The van der Waals surface area contributed by atoms with Gasteiger partial charge in [-0.1, -0.05) is 73.5 Å². The molecule has 0 fully saturated rings. The van der Waals surface area contributed by atoms with Crippen LogP contribution in [0.15, 0.2) is 22.6 Å². The fourth-order valence-electron chi connectivity index (χ4n) is 5.40. The van der Waals surface area contributed by atoms with E-state index in [1.54, 1.807) is 11.3 Å². The van der Waals surface area contributed by atoms with E-state index in [4.69, 9.17) is 4.43 Å². The average Bonchev–Trinajstić information content (AvgIpc) is 3.27. The topological polar surface area (TPSA) is 68.3 Å². The smallest absolute Gasteiger partial charge is 0.223 e. The summed E-state index contributed by atoms with van der Waals surface area (Å²) >= 11 is 1.63. The lowest BCUT2D eigenvalue weighted by Crippen LogP contribution is -2.53. The van der Waals surface area contributed by atoms with Crippen LogP contribution in [0.1, 0.15) is 112 Å². The number of carbonyl (C=O) groups excluding carboxylic acids is 2. The molecule has 1 aromatic rings. The zero-order valence-electron chi connectivity index (χ0n) is 28.2. The number of hydrogen-bond acceptors (Lipinski definition) is 5. The molecule has 5 nitrogen and oxygen atoms in total. The molecule has 0 saturated carbocycles. The summed E-state index contributed by atoms with van der Waals surface area (Å²) in [6.07, 6.45) is 7.97. The maximum Gasteiger partial charge on any atom is 0.223 e. The number of allylic oxidation sites excluding steroid dienone is 1. The Hall–Kier alpha value is -1.57. The molecule has 0 aromatic carbocycles. The Balaban J connectivity index is 2.53. The minimum absolute atomic E-state index is 0.0405. The number of Topliss-reactive ketones (excluding diaryl/α,β-unsaturated/α-hetero) is 1. The van der Waals surface area contributed by atoms with Crippen LogP contribution in [0, 0.1) is 30.1 Å². The fraction of sp³-hybridized carbons (Fsp3) is 0.735. The van der Waals surface area contributed by atoms with Gasteiger partial charge >= 0.3 is 0 Å². The molecule has 0 unspecified atom stereocenters. The molecule has 1 amide bonds. The molecule has 0 aliphatic carbocycles. The van der Waals surface area contributed by atoms with Gasteiger partial charge in [0.25, 0.3) is 0 Å². The van der Waals surface area contributed by atoms with E-state index in [2.05, 4.69) is 96.3 Å². The molecule has 41 heavy (non-hydrogen) atoms. The highest BCUT2D eigenvalue weighted by Crippen LogP contribution is 2.42. The Labute approximate surface area is 256 Å². The predicted octanol–water partition coefficient (Wildman–Crippen LogP) is 9.14. The molecule has 1 N–H and O–H groups in total. The Morgan fingerprint density at radius 1 is 1.17 bits per heavy atom. The van der Waals surface area contributed by atoms with Crippen molar-refractivity contribution in [1.82, 2.24) is 10.3 Å². The second kappa shape index (κ2) is 14.3.